The lowest BCUT2D eigenvalue weighted by Gasteiger charge is -2.17. The molecule has 3 nitrogen and oxygen atoms in total. The molecule has 0 saturated heterocycles. The molecule has 0 aliphatic heterocycles. The quantitative estimate of drug-likeness (QED) is 0.896. The van der Waals surface area contributed by atoms with Crippen LogP contribution in [0.3, 0.4) is 0 Å². The lowest BCUT2D eigenvalue weighted by atomic mass is 10.1. The van der Waals surface area contributed by atoms with Gasteiger partial charge in [-0.2, -0.15) is 0 Å². The summed E-state index contributed by atoms with van der Waals surface area (Å²) >= 11 is 5.83. The zero-order valence-electron chi connectivity index (χ0n) is 9.74. The second kappa shape index (κ2) is 4.59. The van der Waals surface area contributed by atoms with E-state index in [1.807, 2.05) is 19.1 Å². The lowest BCUT2D eigenvalue weighted by Crippen LogP contribution is -2.36. The summed E-state index contributed by atoms with van der Waals surface area (Å²) in [6, 6.07) is 7.38. The highest BCUT2D eigenvalue weighted by molar-refractivity contribution is 7.89. The van der Waals surface area contributed by atoms with Gasteiger partial charge in [-0.25, -0.2) is 13.1 Å². The summed E-state index contributed by atoms with van der Waals surface area (Å²) in [4.78, 5) is 0. The summed E-state index contributed by atoms with van der Waals surface area (Å²) in [7, 11) is -3.17. The van der Waals surface area contributed by atoms with Crippen LogP contribution < -0.4 is 4.72 Å². The summed E-state index contributed by atoms with van der Waals surface area (Å²) in [6.07, 6.45) is 2.35. The first-order valence-corrected chi connectivity index (χ1v) is 7.78. The molecule has 0 spiro atoms. The number of benzene rings is 1. The van der Waals surface area contributed by atoms with Crippen molar-refractivity contribution in [2.45, 2.75) is 31.7 Å². The van der Waals surface area contributed by atoms with Crippen molar-refractivity contribution in [3.8, 4) is 0 Å². The van der Waals surface area contributed by atoms with E-state index in [4.69, 9.17) is 11.6 Å². The molecule has 1 saturated carbocycles. The Hall–Kier alpha value is -0.580. The molecule has 0 radical (unpaired) electrons. The van der Waals surface area contributed by atoms with Crippen molar-refractivity contribution in [1.82, 2.24) is 4.72 Å². The van der Waals surface area contributed by atoms with Crippen LogP contribution in [0.25, 0.3) is 0 Å². The number of nitrogens with one attached hydrogen (secondary N) is 1. The predicted octanol–water partition coefficient (Wildman–Crippen LogP) is 2.66. The smallest absolute Gasteiger partial charge is 0.212 e. The summed E-state index contributed by atoms with van der Waals surface area (Å²) in [5.74, 6) is 0.183. The molecule has 1 aliphatic carbocycles. The molecule has 1 aromatic rings. The van der Waals surface area contributed by atoms with Crippen LogP contribution in [0.5, 0.6) is 0 Å². The van der Waals surface area contributed by atoms with Gasteiger partial charge in [0.2, 0.25) is 10.0 Å². The first-order valence-electron chi connectivity index (χ1n) is 5.75. The molecule has 1 fully saturated rings. The van der Waals surface area contributed by atoms with Crippen LogP contribution in [-0.2, 0) is 15.6 Å². The molecule has 94 valence electrons. The zero-order chi connectivity index (χ0) is 12.5. The van der Waals surface area contributed by atoms with E-state index in [0.717, 1.165) is 18.4 Å². The first kappa shape index (κ1) is 12.9. The van der Waals surface area contributed by atoms with Crippen molar-refractivity contribution in [3.05, 3.63) is 34.9 Å². The molecule has 0 bridgehead atoms. The van der Waals surface area contributed by atoms with E-state index in [1.165, 1.54) is 0 Å². The zero-order valence-corrected chi connectivity index (χ0v) is 11.3. The van der Waals surface area contributed by atoms with Crippen molar-refractivity contribution < 1.29 is 8.42 Å². The predicted molar refractivity (Wildman–Crippen MR) is 69.6 cm³/mol. The third kappa shape index (κ3) is 3.00. The summed E-state index contributed by atoms with van der Waals surface area (Å²) in [6.45, 7) is 1.86. The Morgan fingerprint density at radius 2 is 1.88 bits per heavy atom. The van der Waals surface area contributed by atoms with Gasteiger partial charge < -0.3 is 0 Å². The maximum absolute atomic E-state index is 11.8. The van der Waals surface area contributed by atoms with Crippen LogP contribution in [0.15, 0.2) is 24.3 Å². The van der Waals surface area contributed by atoms with Gasteiger partial charge in [-0.3, -0.25) is 0 Å². The number of rotatable bonds is 5. The molecule has 0 unspecified atom stereocenters. The summed E-state index contributed by atoms with van der Waals surface area (Å²) in [5, 5.41) is 0.668. The van der Waals surface area contributed by atoms with Crippen molar-refractivity contribution in [2.24, 2.45) is 0 Å². The molecular formula is C12H16ClNO2S. The highest BCUT2D eigenvalue weighted by Gasteiger charge is 2.46. The van der Waals surface area contributed by atoms with E-state index in [2.05, 4.69) is 4.72 Å². The molecule has 1 N–H and O–H groups in total. The average molecular weight is 274 g/mol. The van der Waals surface area contributed by atoms with Crippen molar-refractivity contribution >= 4 is 21.6 Å². The Balaban J connectivity index is 2.18. The van der Waals surface area contributed by atoms with Gasteiger partial charge in [-0.1, -0.05) is 30.7 Å². The highest BCUT2D eigenvalue weighted by Crippen LogP contribution is 2.46. The monoisotopic (exact) mass is 273 g/mol. The molecule has 0 aromatic heterocycles. The van der Waals surface area contributed by atoms with Crippen LogP contribution in [0.2, 0.25) is 5.02 Å². The standard InChI is InChI=1S/C12H16ClNO2S/c1-2-9-17(15,16)14-12(7-8-12)10-3-5-11(13)6-4-10/h3-6,14H,2,7-9H2,1H3. The second-order valence-electron chi connectivity index (χ2n) is 4.51. The largest absolute Gasteiger partial charge is 0.212 e. The fraction of sp³-hybridized carbons (Fsp3) is 0.500. The molecule has 1 aliphatic rings. The van der Waals surface area contributed by atoms with Crippen molar-refractivity contribution in [3.63, 3.8) is 0 Å². The van der Waals surface area contributed by atoms with Crippen LogP contribution in [0.4, 0.5) is 0 Å². The second-order valence-corrected chi connectivity index (χ2v) is 6.79. The first-order chi connectivity index (χ1) is 7.97. The Kier molecular flexibility index (Phi) is 3.48. The number of halogens is 1. The van der Waals surface area contributed by atoms with Crippen molar-refractivity contribution in [1.29, 1.82) is 0 Å². The summed E-state index contributed by atoms with van der Waals surface area (Å²) < 4.78 is 26.4. The number of hydrogen-bond donors (Lipinski definition) is 1. The third-order valence-corrected chi connectivity index (χ3v) is 4.87. The minimum Gasteiger partial charge on any atom is -0.212 e. The Morgan fingerprint density at radius 1 is 1.29 bits per heavy atom. The highest BCUT2D eigenvalue weighted by atomic mass is 35.5. The van der Waals surface area contributed by atoms with Gasteiger partial charge in [0.05, 0.1) is 11.3 Å². The van der Waals surface area contributed by atoms with Gasteiger partial charge in [0.1, 0.15) is 0 Å². The third-order valence-electron chi connectivity index (χ3n) is 2.97. The van der Waals surface area contributed by atoms with Gasteiger partial charge in [-0.05, 0) is 37.0 Å². The van der Waals surface area contributed by atoms with Gasteiger partial charge >= 0.3 is 0 Å². The van der Waals surface area contributed by atoms with E-state index in [-0.39, 0.29) is 11.3 Å². The molecule has 2 rings (SSSR count). The minimum atomic E-state index is -3.17. The van der Waals surface area contributed by atoms with Gasteiger partial charge in [-0.15, -0.1) is 0 Å². The number of hydrogen-bond acceptors (Lipinski definition) is 2. The Bertz CT molecular complexity index is 492. The van der Waals surface area contributed by atoms with E-state index in [9.17, 15) is 8.42 Å². The molecule has 1 aromatic carbocycles. The number of sulfonamides is 1. The summed E-state index contributed by atoms with van der Waals surface area (Å²) in [5.41, 5.74) is 0.625. The fourth-order valence-corrected chi connectivity index (χ4v) is 3.64. The van der Waals surface area contributed by atoms with Crippen LogP contribution >= 0.6 is 11.6 Å². The SMILES string of the molecule is CCCS(=O)(=O)NC1(c2ccc(Cl)cc2)CC1. The molecular weight excluding hydrogens is 258 g/mol. The van der Waals surface area contributed by atoms with Crippen LogP contribution in [-0.4, -0.2) is 14.2 Å². The minimum absolute atomic E-state index is 0.183. The molecule has 17 heavy (non-hydrogen) atoms. The van der Waals surface area contributed by atoms with Gasteiger partial charge in [0, 0.05) is 5.02 Å². The Morgan fingerprint density at radius 3 is 2.35 bits per heavy atom. The topological polar surface area (TPSA) is 46.2 Å². The molecule has 0 heterocycles. The maximum Gasteiger partial charge on any atom is 0.212 e. The van der Waals surface area contributed by atoms with E-state index in [1.54, 1.807) is 12.1 Å². The van der Waals surface area contributed by atoms with Gasteiger partial charge in [0.15, 0.2) is 0 Å². The molecule has 0 atom stereocenters. The van der Waals surface area contributed by atoms with Crippen molar-refractivity contribution in [2.75, 3.05) is 5.75 Å². The fourth-order valence-electron chi connectivity index (χ4n) is 1.96. The maximum atomic E-state index is 11.8. The molecule has 5 heteroatoms. The lowest BCUT2D eigenvalue weighted by molar-refractivity contribution is 0.550. The normalized spacial score (nSPS) is 18.0. The average Bonchev–Trinajstić information content (AvgIpc) is 2.98. The van der Waals surface area contributed by atoms with E-state index >= 15 is 0 Å². The van der Waals surface area contributed by atoms with Gasteiger partial charge in [0.25, 0.3) is 0 Å². The molecule has 0 amide bonds. The van der Waals surface area contributed by atoms with E-state index < -0.39 is 10.0 Å². The Labute approximate surface area is 107 Å². The van der Waals surface area contributed by atoms with Crippen LogP contribution in [0.1, 0.15) is 31.7 Å². The van der Waals surface area contributed by atoms with Crippen LogP contribution in [0, 0.1) is 0 Å². The van der Waals surface area contributed by atoms with E-state index in [0.29, 0.717) is 11.4 Å².